The van der Waals surface area contributed by atoms with Crippen molar-refractivity contribution >= 4 is 15.9 Å². The highest BCUT2D eigenvalue weighted by Gasteiger charge is 2.03. The number of hydrogen-bond acceptors (Lipinski definition) is 2. The van der Waals surface area contributed by atoms with Gasteiger partial charge in [-0.05, 0) is 24.1 Å². The molecule has 0 unspecified atom stereocenters. The van der Waals surface area contributed by atoms with Crippen LogP contribution < -0.4 is 4.74 Å². The van der Waals surface area contributed by atoms with E-state index < -0.39 is 0 Å². The highest BCUT2D eigenvalue weighted by Crippen LogP contribution is 2.29. The van der Waals surface area contributed by atoms with Crippen molar-refractivity contribution in [2.45, 2.75) is 13.8 Å². The second kappa shape index (κ2) is 4.51. The average Bonchev–Trinajstić information content (AvgIpc) is 2.02. The van der Waals surface area contributed by atoms with Gasteiger partial charge in [0.2, 0.25) is 0 Å². The van der Waals surface area contributed by atoms with Crippen molar-refractivity contribution < 1.29 is 9.84 Å². The summed E-state index contributed by atoms with van der Waals surface area (Å²) in [6, 6.07) is 5.22. The lowest BCUT2D eigenvalue weighted by Gasteiger charge is -2.09. The summed E-state index contributed by atoms with van der Waals surface area (Å²) in [6.45, 7) is 4.75. The molecular formula is C10H13BrO2. The molecule has 0 aliphatic carbocycles. The van der Waals surface area contributed by atoms with Crippen LogP contribution in [-0.2, 0) is 0 Å². The molecule has 0 amide bonds. The van der Waals surface area contributed by atoms with E-state index >= 15 is 0 Å². The van der Waals surface area contributed by atoms with Crippen LogP contribution >= 0.6 is 15.9 Å². The molecule has 0 heterocycles. The SMILES string of the molecule is CC(C)COc1ccc(Br)cc1O. The van der Waals surface area contributed by atoms with Gasteiger partial charge >= 0.3 is 0 Å². The Morgan fingerprint density at radius 1 is 1.46 bits per heavy atom. The lowest BCUT2D eigenvalue weighted by Crippen LogP contribution is -2.04. The van der Waals surface area contributed by atoms with Crippen LogP contribution in [0.2, 0.25) is 0 Å². The van der Waals surface area contributed by atoms with Gasteiger partial charge in [-0.15, -0.1) is 0 Å². The molecule has 2 nitrogen and oxygen atoms in total. The molecule has 1 aromatic rings. The zero-order chi connectivity index (χ0) is 9.84. The van der Waals surface area contributed by atoms with Crippen molar-refractivity contribution in [1.29, 1.82) is 0 Å². The number of halogens is 1. The van der Waals surface area contributed by atoms with Crippen LogP contribution in [0.1, 0.15) is 13.8 Å². The van der Waals surface area contributed by atoms with E-state index in [4.69, 9.17) is 4.74 Å². The molecule has 0 aliphatic heterocycles. The number of hydrogen-bond donors (Lipinski definition) is 1. The van der Waals surface area contributed by atoms with Crippen LogP contribution in [0.5, 0.6) is 11.5 Å². The Kier molecular flexibility index (Phi) is 3.60. The van der Waals surface area contributed by atoms with E-state index in [1.807, 2.05) is 6.07 Å². The quantitative estimate of drug-likeness (QED) is 0.886. The zero-order valence-corrected chi connectivity index (χ0v) is 9.34. The van der Waals surface area contributed by atoms with E-state index in [1.54, 1.807) is 12.1 Å². The van der Waals surface area contributed by atoms with Gasteiger partial charge in [-0.1, -0.05) is 29.8 Å². The summed E-state index contributed by atoms with van der Waals surface area (Å²) >= 11 is 3.26. The second-order valence-corrected chi connectivity index (χ2v) is 4.23. The smallest absolute Gasteiger partial charge is 0.160 e. The van der Waals surface area contributed by atoms with Crippen molar-refractivity contribution in [2.75, 3.05) is 6.61 Å². The topological polar surface area (TPSA) is 29.5 Å². The van der Waals surface area contributed by atoms with Crippen LogP contribution in [0.3, 0.4) is 0 Å². The molecule has 3 heteroatoms. The largest absolute Gasteiger partial charge is 0.504 e. The van der Waals surface area contributed by atoms with Gasteiger partial charge < -0.3 is 9.84 Å². The molecule has 0 radical (unpaired) electrons. The minimum Gasteiger partial charge on any atom is -0.504 e. The fourth-order valence-corrected chi connectivity index (χ4v) is 1.22. The van der Waals surface area contributed by atoms with E-state index in [9.17, 15) is 5.11 Å². The third-order valence-electron chi connectivity index (χ3n) is 1.49. The van der Waals surface area contributed by atoms with Crippen LogP contribution in [0, 0.1) is 5.92 Å². The van der Waals surface area contributed by atoms with E-state index in [0.717, 1.165) is 4.47 Å². The van der Waals surface area contributed by atoms with Gasteiger partial charge in [0.25, 0.3) is 0 Å². The van der Waals surface area contributed by atoms with Gasteiger partial charge in [0, 0.05) is 4.47 Å². The highest BCUT2D eigenvalue weighted by atomic mass is 79.9. The molecule has 0 aromatic heterocycles. The molecule has 0 saturated heterocycles. The maximum Gasteiger partial charge on any atom is 0.160 e. The van der Waals surface area contributed by atoms with Crippen molar-refractivity contribution in [2.24, 2.45) is 5.92 Å². The average molecular weight is 245 g/mol. The summed E-state index contributed by atoms with van der Waals surface area (Å²) in [5.74, 6) is 1.18. The van der Waals surface area contributed by atoms with Gasteiger partial charge in [-0.3, -0.25) is 0 Å². The standard InChI is InChI=1S/C10H13BrO2/c1-7(2)6-13-10-4-3-8(11)5-9(10)12/h3-5,7,12H,6H2,1-2H3. The molecule has 0 aliphatic rings. The van der Waals surface area contributed by atoms with E-state index in [-0.39, 0.29) is 5.75 Å². The molecule has 0 spiro atoms. The third kappa shape index (κ3) is 3.27. The van der Waals surface area contributed by atoms with Gasteiger partial charge in [0.15, 0.2) is 11.5 Å². The van der Waals surface area contributed by atoms with Crippen molar-refractivity contribution in [3.63, 3.8) is 0 Å². The third-order valence-corrected chi connectivity index (χ3v) is 1.99. The van der Waals surface area contributed by atoms with E-state index in [0.29, 0.717) is 18.3 Å². The molecule has 72 valence electrons. The molecule has 1 N–H and O–H groups in total. The summed E-state index contributed by atoms with van der Waals surface area (Å²) in [5.41, 5.74) is 0. The number of phenols is 1. The zero-order valence-electron chi connectivity index (χ0n) is 7.75. The predicted octanol–water partition coefficient (Wildman–Crippen LogP) is 3.19. The first-order valence-corrected chi connectivity index (χ1v) is 5.00. The maximum absolute atomic E-state index is 9.45. The summed E-state index contributed by atoms with van der Waals surface area (Å²) in [6.07, 6.45) is 0. The van der Waals surface area contributed by atoms with Crippen LogP contribution in [0.15, 0.2) is 22.7 Å². The molecule has 0 bridgehead atoms. The Balaban J connectivity index is 2.67. The number of benzene rings is 1. The molecule has 0 fully saturated rings. The fraction of sp³-hybridized carbons (Fsp3) is 0.400. The van der Waals surface area contributed by atoms with Crippen LogP contribution in [-0.4, -0.2) is 11.7 Å². The molecule has 1 rings (SSSR count). The Hall–Kier alpha value is -0.700. The predicted molar refractivity (Wildman–Crippen MR) is 56.1 cm³/mol. The Labute approximate surface area is 86.7 Å². The number of phenolic OH excluding ortho intramolecular Hbond substituents is 1. The molecular weight excluding hydrogens is 232 g/mol. The van der Waals surface area contributed by atoms with Crippen molar-refractivity contribution in [3.05, 3.63) is 22.7 Å². The molecule has 1 aromatic carbocycles. The monoisotopic (exact) mass is 244 g/mol. The fourth-order valence-electron chi connectivity index (χ4n) is 0.869. The normalized spacial score (nSPS) is 10.5. The first-order chi connectivity index (χ1) is 6.09. The summed E-state index contributed by atoms with van der Waals surface area (Å²) in [4.78, 5) is 0. The van der Waals surface area contributed by atoms with Crippen LogP contribution in [0.25, 0.3) is 0 Å². The maximum atomic E-state index is 9.45. The lowest BCUT2D eigenvalue weighted by atomic mass is 10.2. The van der Waals surface area contributed by atoms with E-state index in [2.05, 4.69) is 29.8 Å². The Morgan fingerprint density at radius 2 is 2.15 bits per heavy atom. The van der Waals surface area contributed by atoms with Crippen molar-refractivity contribution in [1.82, 2.24) is 0 Å². The minimum atomic E-state index is 0.176. The summed E-state index contributed by atoms with van der Waals surface area (Å²) < 4.78 is 6.23. The van der Waals surface area contributed by atoms with E-state index in [1.165, 1.54) is 0 Å². The Morgan fingerprint density at radius 3 is 2.69 bits per heavy atom. The van der Waals surface area contributed by atoms with Gasteiger partial charge in [-0.2, -0.15) is 0 Å². The number of rotatable bonds is 3. The van der Waals surface area contributed by atoms with Gasteiger partial charge in [0.05, 0.1) is 6.61 Å². The van der Waals surface area contributed by atoms with Crippen LogP contribution in [0.4, 0.5) is 0 Å². The molecule has 13 heavy (non-hydrogen) atoms. The Bertz CT molecular complexity index is 284. The molecule has 0 saturated carbocycles. The number of aromatic hydroxyl groups is 1. The molecule has 0 atom stereocenters. The second-order valence-electron chi connectivity index (χ2n) is 3.32. The lowest BCUT2D eigenvalue weighted by molar-refractivity contribution is 0.259. The summed E-state index contributed by atoms with van der Waals surface area (Å²) in [7, 11) is 0. The van der Waals surface area contributed by atoms with Gasteiger partial charge in [0.1, 0.15) is 0 Å². The summed E-state index contributed by atoms with van der Waals surface area (Å²) in [5, 5.41) is 9.45. The number of ether oxygens (including phenoxy) is 1. The minimum absolute atomic E-state index is 0.176. The van der Waals surface area contributed by atoms with Crippen molar-refractivity contribution in [3.8, 4) is 11.5 Å². The van der Waals surface area contributed by atoms with Gasteiger partial charge in [-0.25, -0.2) is 0 Å². The first kappa shape index (κ1) is 10.4. The highest BCUT2D eigenvalue weighted by molar-refractivity contribution is 9.10. The first-order valence-electron chi connectivity index (χ1n) is 4.21.